The molecule has 7 heteroatoms. The summed E-state index contributed by atoms with van der Waals surface area (Å²) in [7, 11) is 0. The number of rotatable bonds is 7. The molecule has 1 atom stereocenters. The Morgan fingerprint density at radius 2 is 1.97 bits per heavy atom. The van der Waals surface area contributed by atoms with E-state index in [9.17, 15) is 19.2 Å². The van der Waals surface area contributed by atoms with Gasteiger partial charge in [0.15, 0.2) is 0 Å². The lowest BCUT2D eigenvalue weighted by Gasteiger charge is -2.19. The number of carbonyl (C=O) groups excluding carboxylic acids is 2. The van der Waals surface area contributed by atoms with Gasteiger partial charge in [-0.25, -0.2) is 4.39 Å². The van der Waals surface area contributed by atoms with Crippen molar-refractivity contribution in [3.63, 3.8) is 0 Å². The fraction of sp³-hybridized carbons (Fsp3) is 0.240. The van der Waals surface area contributed by atoms with Crippen molar-refractivity contribution in [1.82, 2.24) is 5.32 Å². The van der Waals surface area contributed by atoms with Gasteiger partial charge >= 0.3 is 0 Å². The molecule has 0 aliphatic carbocycles. The molecule has 5 nitrogen and oxygen atoms in total. The highest BCUT2D eigenvalue weighted by Crippen LogP contribution is 2.42. The van der Waals surface area contributed by atoms with Crippen molar-refractivity contribution >= 4 is 29.3 Å². The second-order valence-electron chi connectivity index (χ2n) is 7.61. The van der Waals surface area contributed by atoms with Crippen molar-refractivity contribution in [2.45, 2.75) is 31.4 Å². The van der Waals surface area contributed by atoms with Crippen LogP contribution in [0.3, 0.4) is 0 Å². The van der Waals surface area contributed by atoms with Crippen LogP contribution in [0.2, 0.25) is 0 Å². The van der Waals surface area contributed by atoms with Crippen LogP contribution < -0.4 is 10.2 Å². The van der Waals surface area contributed by atoms with Crippen LogP contribution in [0.1, 0.15) is 30.9 Å². The quantitative estimate of drug-likeness (QED) is 0.379. The highest BCUT2D eigenvalue weighted by atomic mass is 32.2. The Bertz CT molecular complexity index is 1100. The average molecular weight is 450 g/mol. The van der Waals surface area contributed by atoms with E-state index in [4.69, 9.17) is 0 Å². The Morgan fingerprint density at radius 1 is 1.28 bits per heavy atom. The van der Waals surface area contributed by atoms with Crippen LogP contribution in [0.5, 0.6) is 0 Å². The molecule has 1 saturated heterocycles. The van der Waals surface area contributed by atoms with Crippen LogP contribution >= 0.6 is 11.8 Å². The third-order valence-electron chi connectivity index (χ3n) is 5.09. The number of nitrogens with one attached hydrogen (secondary N) is 1. The Kier molecular flexibility index (Phi) is 7.49. The third-order valence-corrected chi connectivity index (χ3v) is 6.36. The van der Waals surface area contributed by atoms with E-state index in [1.165, 1.54) is 17.0 Å². The number of carbonyl (C=O) groups is 2. The van der Waals surface area contributed by atoms with Gasteiger partial charge in [-0.15, -0.1) is 6.58 Å². The van der Waals surface area contributed by atoms with E-state index < -0.39 is 17.0 Å². The van der Waals surface area contributed by atoms with Gasteiger partial charge in [-0.1, -0.05) is 62.0 Å². The van der Waals surface area contributed by atoms with E-state index in [0.717, 1.165) is 17.3 Å². The number of anilines is 1. The molecule has 1 fully saturated rings. The zero-order valence-corrected chi connectivity index (χ0v) is 18.8. The van der Waals surface area contributed by atoms with Crippen molar-refractivity contribution in [1.29, 1.82) is 5.26 Å². The van der Waals surface area contributed by atoms with E-state index >= 15 is 0 Å². The molecule has 1 aliphatic heterocycles. The van der Waals surface area contributed by atoms with E-state index in [1.54, 1.807) is 30.3 Å². The van der Waals surface area contributed by atoms with Gasteiger partial charge in [0, 0.05) is 12.2 Å². The van der Waals surface area contributed by atoms with Crippen molar-refractivity contribution in [2.24, 2.45) is 0 Å². The number of hydrogen-bond acceptors (Lipinski definition) is 4. The van der Waals surface area contributed by atoms with Gasteiger partial charge in [-0.3, -0.25) is 14.5 Å². The number of halogens is 1. The van der Waals surface area contributed by atoms with Gasteiger partial charge < -0.3 is 5.32 Å². The van der Waals surface area contributed by atoms with Crippen molar-refractivity contribution in [3.8, 4) is 6.07 Å². The smallest absolute Gasteiger partial charge is 0.264 e. The molecule has 1 heterocycles. The number of amides is 2. The van der Waals surface area contributed by atoms with Gasteiger partial charge in [-0.05, 0) is 41.7 Å². The summed E-state index contributed by atoms with van der Waals surface area (Å²) < 4.78 is 14.2. The molecule has 1 unspecified atom stereocenters. The SMILES string of the molecule is C=CCNC(=O)/C(C#N)=C1\SC(Cc2ccccc2F)C(=O)N1c1ccc(C(C)C)cc1. The van der Waals surface area contributed by atoms with Crippen LogP contribution in [0, 0.1) is 17.1 Å². The molecule has 3 rings (SSSR count). The van der Waals surface area contributed by atoms with Crippen LogP contribution in [0.4, 0.5) is 10.1 Å². The number of thioether (sulfide) groups is 1. The second kappa shape index (κ2) is 10.3. The fourth-order valence-electron chi connectivity index (χ4n) is 3.35. The third kappa shape index (κ3) is 4.92. The van der Waals surface area contributed by atoms with Crippen molar-refractivity contribution in [2.75, 3.05) is 11.4 Å². The maximum Gasteiger partial charge on any atom is 0.264 e. The molecule has 1 N–H and O–H groups in total. The minimum absolute atomic E-state index is 0.146. The molecular weight excluding hydrogens is 425 g/mol. The molecule has 0 saturated carbocycles. The summed E-state index contributed by atoms with van der Waals surface area (Å²) in [6.07, 6.45) is 1.65. The minimum Gasteiger partial charge on any atom is -0.348 e. The monoisotopic (exact) mass is 449 g/mol. The minimum atomic E-state index is -0.665. The summed E-state index contributed by atoms with van der Waals surface area (Å²) >= 11 is 1.11. The first-order valence-electron chi connectivity index (χ1n) is 10.2. The lowest BCUT2D eigenvalue weighted by molar-refractivity contribution is -0.117. The van der Waals surface area contributed by atoms with E-state index in [1.807, 2.05) is 18.2 Å². The van der Waals surface area contributed by atoms with Crippen molar-refractivity contribution in [3.05, 3.63) is 88.7 Å². The Labute approximate surface area is 191 Å². The van der Waals surface area contributed by atoms with Crippen LogP contribution in [0.15, 0.2) is 71.8 Å². The molecule has 1 aliphatic rings. The number of benzene rings is 2. The zero-order chi connectivity index (χ0) is 23.3. The first kappa shape index (κ1) is 23.3. The van der Waals surface area contributed by atoms with Gasteiger partial charge in [0.1, 0.15) is 22.5 Å². The predicted octanol–water partition coefficient (Wildman–Crippen LogP) is 4.68. The average Bonchev–Trinajstić information content (AvgIpc) is 3.10. The molecule has 2 aromatic carbocycles. The molecule has 164 valence electrons. The molecule has 2 aromatic rings. The number of nitriles is 1. The van der Waals surface area contributed by atoms with E-state index in [2.05, 4.69) is 25.7 Å². The van der Waals surface area contributed by atoms with Crippen LogP contribution in [-0.2, 0) is 16.0 Å². The molecule has 0 spiro atoms. The van der Waals surface area contributed by atoms with Crippen molar-refractivity contribution < 1.29 is 14.0 Å². The van der Waals surface area contributed by atoms with Gasteiger partial charge in [0.25, 0.3) is 5.91 Å². The largest absolute Gasteiger partial charge is 0.348 e. The summed E-state index contributed by atoms with van der Waals surface area (Å²) in [5.41, 5.74) is 1.91. The Hall–Kier alpha value is -3.37. The van der Waals surface area contributed by atoms with E-state index in [-0.39, 0.29) is 29.5 Å². The summed E-state index contributed by atoms with van der Waals surface area (Å²) in [4.78, 5) is 27.4. The lowest BCUT2D eigenvalue weighted by atomic mass is 10.0. The summed E-state index contributed by atoms with van der Waals surface area (Å²) in [6, 6.07) is 15.7. The summed E-state index contributed by atoms with van der Waals surface area (Å²) in [5.74, 6) is -0.959. The lowest BCUT2D eigenvalue weighted by Crippen LogP contribution is -2.32. The van der Waals surface area contributed by atoms with Gasteiger partial charge in [-0.2, -0.15) is 5.26 Å². The molecule has 0 aromatic heterocycles. The Balaban J connectivity index is 2.04. The summed E-state index contributed by atoms with van der Waals surface area (Å²) in [6.45, 7) is 7.89. The first-order chi connectivity index (χ1) is 15.4. The number of hydrogen-bond donors (Lipinski definition) is 1. The molecule has 0 bridgehead atoms. The standard InChI is InChI=1S/C25H24FN3O2S/c1-4-13-28-23(30)20(15-27)25-29(19-11-9-17(10-12-19)16(2)3)24(31)22(32-25)14-18-7-5-6-8-21(18)26/h4-12,16,22H,1,13-14H2,2-3H3,(H,28,30)/b25-20-. The van der Waals surface area contributed by atoms with Gasteiger partial charge in [0.2, 0.25) is 5.91 Å². The maximum atomic E-state index is 14.2. The first-order valence-corrected chi connectivity index (χ1v) is 11.1. The molecular formula is C25H24FN3O2S. The highest BCUT2D eigenvalue weighted by Gasteiger charge is 2.41. The maximum absolute atomic E-state index is 14.2. The topological polar surface area (TPSA) is 73.2 Å². The van der Waals surface area contributed by atoms with Crippen LogP contribution in [0.25, 0.3) is 0 Å². The normalized spacial score (nSPS) is 17.3. The zero-order valence-electron chi connectivity index (χ0n) is 18.0. The second-order valence-corrected chi connectivity index (χ2v) is 8.80. The van der Waals surface area contributed by atoms with Crippen LogP contribution in [-0.4, -0.2) is 23.6 Å². The Morgan fingerprint density at radius 3 is 2.56 bits per heavy atom. The molecule has 2 amide bonds. The highest BCUT2D eigenvalue weighted by molar-refractivity contribution is 8.05. The number of nitrogens with zero attached hydrogens (tertiary/aromatic N) is 2. The van der Waals surface area contributed by atoms with Gasteiger partial charge in [0.05, 0.1) is 5.25 Å². The summed E-state index contributed by atoms with van der Waals surface area (Å²) in [5, 5.41) is 11.9. The predicted molar refractivity (Wildman–Crippen MR) is 125 cm³/mol. The molecule has 0 radical (unpaired) electrons. The molecule has 32 heavy (non-hydrogen) atoms. The fourth-order valence-corrected chi connectivity index (χ4v) is 4.64. The van der Waals surface area contributed by atoms with E-state index in [0.29, 0.717) is 17.2 Å².